The van der Waals surface area contributed by atoms with Gasteiger partial charge in [-0.05, 0) is 35.8 Å². The van der Waals surface area contributed by atoms with Crippen LogP contribution in [-0.2, 0) is 4.79 Å². The minimum absolute atomic E-state index is 0.235. The number of hydrogen-bond donors (Lipinski definition) is 1. The summed E-state index contributed by atoms with van der Waals surface area (Å²) in [6.45, 7) is 4.17. The van der Waals surface area contributed by atoms with Crippen LogP contribution in [0.2, 0.25) is 10.0 Å². The molecule has 1 amide bonds. The minimum Gasteiger partial charge on any atom is -0.495 e. The van der Waals surface area contributed by atoms with E-state index in [9.17, 15) is 4.79 Å². The van der Waals surface area contributed by atoms with Crippen LogP contribution in [0, 0.1) is 0 Å². The molecule has 1 N–H and O–H groups in total. The van der Waals surface area contributed by atoms with Gasteiger partial charge in [-0.25, -0.2) is 0 Å². The molecule has 0 aliphatic rings. The Morgan fingerprint density at radius 1 is 1.21 bits per heavy atom. The summed E-state index contributed by atoms with van der Waals surface area (Å²) in [7, 11) is 1.52. The second-order valence-corrected chi connectivity index (χ2v) is 6.42. The Morgan fingerprint density at radius 2 is 1.92 bits per heavy atom. The summed E-state index contributed by atoms with van der Waals surface area (Å²) in [6.07, 6.45) is 3.06. The fourth-order valence-electron chi connectivity index (χ4n) is 2.37. The summed E-state index contributed by atoms with van der Waals surface area (Å²) >= 11 is 12.1. The van der Waals surface area contributed by atoms with E-state index in [0.29, 0.717) is 27.3 Å². The van der Waals surface area contributed by atoms with Crippen molar-refractivity contribution in [3.05, 3.63) is 63.6 Å². The molecule has 0 fully saturated rings. The molecule has 5 heteroatoms. The van der Waals surface area contributed by atoms with Gasteiger partial charge < -0.3 is 10.1 Å². The van der Waals surface area contributed by atoms with Crippen LogP contribution in [0.3, 0.4) is 0 Å². The fraction of sp³-hybridized carbons (Fsp3) is 0.211. The van der Waals surface area contributed by atoms with E-state index in [-0.39, 0.29) is 5.91 Å². The predicted octanol–water partition coefficient (Wildman–Crippen LogP) is 5.78. The average Bonchev–Trinajstić information content (AvgIpc) is 2.52. The zero-order valence-corrected chi connectivity index (χ0v) is 15.3. The number of hydrogen-bond acceptors (Lipinski definition) is 2. The third-order valence-electron chi connectivity index (χ3n) is 3.50. The predicted molar refractivity (Wildman–Crippen MR) is 101 cm³/mol. The van der Waals surface area contributed by atoms with Gasteiger partial charge in [-0.1, -0.05) is 55.2 Å². The van der Waals surface area contributed by atoms with Crippen molar-refractivity contribution in [1.82, 2.24) is 0 Å². The highest BCUT2D eigenvalue weighted by Gasteiger charge is 2.09. The zero-order chi connectivity index (χ0) is 17.7. The van der Waals surface area contributed by atoms with Crippen molar-refractivity contribution in [3.63, 3.8) is 0 Å². The summed E-state index contributed by atoms with van der Waals surface area (Å²) in [5, 5.41) is 3.77. The number of benzene rings is 2. The number of rotatable bonds is 5. The molecule has 0 heterocycles. The number of halogens is 2. The van der Waals surface area contributed by atoms with Crippen LogP contribution < -0.4 is 10.1 Å². The Kier molecular flexibility index (Phi) is 6.29. The van der Waals surface area contributed by atoms with Crippen molar-refractivity contribution in [2.75, 3.05) is 12.4 Å². The van der Waals surface area contributed by atoms with Gasteiger partial charge >= 0.3 is 0 Å². The first-order valence-electron chi connectivity index (χ1n) is 7.53. The molecule has 0 aromatic heterocycles. The number of para-hydroxylation sites is 1. The first-order chi connectivity index (χ1) is 11.4. The van der Waals surface area contributed by atoms with E-state index in [1.54, 1.807) is 18.2 Å². The smallest absolute Gasteiger partial charge is 0.248 e. The Hall–Kier alpha value is -1.97. The Morgan fingerprint density at radius 3 is 2.58 bits per heavy atom. The van der Waals surface area contributed by atoms with Crippen molar-refractivity contribution < 1.29 is 9.53 Å². The van der Waals surface area contributed by atoms with E-state index in [1.165, 1.54) is 13.2 Å². The van der Waals surface area contributed by atoms with Crippen molar-refractivity contribution in [1.29, 1.82) is 0 Å². The Bertz CT molecular complexity index is 770. The topological polar surface area (TPSA) is 38.3 Å². The lowest BCUT2D eigenvalue weighted by Crippen LogP contribution is -2.10. The quantitative estimate of drug-likeness (QED) is 0.683. The van der Waals surface area contributed by atoms with Gasteiger partial charge in [0.2, 0.25) is 5.91 Å². The Labute approximate surface area is 152 Å². The number of methoxy groups -OCH3 is 1. The number of carbonyl (C=O) groups is 1. The van der Waals surface area contributed by atoms with Crippen molar-refractivity contribution >= 4 is 40.9 Å². The number of ether oxygens (including phenoxy) is 1. The molecule has 0 spiro atoms. The van der Waals surface area contributed by atoms with E-state index < -0.39 is 0 Å². The molecule has 0 unspecified atom stereocenters. The highest BCUT2D eigenvalue weighted by Crippen LogP contribution is 2.33. The molecule has 2 aromatic rings. The third kappa shape index (κ3) is 4.53. The van der Waals surface area contributed by atoms with Gasteiger partial charge in [0.05, 0.1) is 12.1 Å². The molecule has 0 saturated carbocycles. The van der Waals surface area contributed by atoms with Gasteiger partial charge in [-0.3, -0.25) is 4.79 Å². The van der Waals surface area contributed by atoms with E-state index in [1.807, 2.05) is 24.3 Å². The van der Waals surface area contributed by atoms with Crippen LogP contribution >= 0.6 is 23.2 Å². The van der Waals surface area contributed by atoms with Gasteiger partial charge in [0, 0.05) is 22.3 Å². The fourth-order valence-corrected chi connectivity index (χ4v) is 2.96. The lowest BCUT2D eigenvalue weighted by Gasteiger charge is -2.12. The highest BCUT2D eigenvalue weighted by molar-refractivity contribution is 6.36. The molecular formula is C19H19Cl2NO2. The summed E-state index contributed by atoms with van der Waals surface area (Å²) in [4.78, 5) is 12.2. The van der Waals surface area contributed by atoms with E-state index in [2.05, 4.69) is 19.2 Å². The van der Waals surface area contributed by atoms with Crippen LogP contribution in [0.25, 0.3) is 6.08 Å². The van der Waals surface area contributed by atoms with Crippen LogP contribution in [0.15, 0.2) is 42.5 Å². The highest BCUT2D eigenvalue weighted by atomic mass is 35.5. The monoisotopic (exact) mass is 363 g/mol. The maximum atomic E-state index is 12.2. The first-order valence-corrected chi connectivity index (χ1v) is 8.29. The lowest BCUT2D eigenvalue weighted by atomic mass is 10.0. The summed E-state index contributed by atoms with van der Waals surface area (Å²) in [5.41, 5.74) is 2.53. The molecule has 0 radical (unpaired) electrons. The molecule has 0 saturated heterocycles. The molecule has 0 atom stereocenters. The van der Waals surface area contributed by atoms with Crippen LogP contribution in [-0.4, -0.2) is 13.0 Å². The van der Waals surface area contributed by atoms with E-state index in [0.717, 1.165) is 11.3 Å². The van der Waals surface area contributed by atoms with Gasteiger partial charge in [-0.15, -0.1) is 0 Å². The van der Waals surface area contributed by atoms with Gasteiger partial charge in [-0.2, -0.15) is 0 Å². The van der Waals surface area contributed by atoms with Crippen molar-refractivity contribution in [3.8, 4) is 5.75 Å². The Balaban J connectivity index is 2.21. The zero-order valence-electron chi connectivity index (χ0n) is 13.8. The van der Waals surface area contributed by atoms with Crippen LogP contribution in [0.1, 0.15) is 30.9 Å². The van der Waals surface area contributed by atoms with Crippen molar-refractivity contribution in [2.45, 2.75) is 19.8 Å². The maximum absolute atomic E-state index is 12.2. The third-order valence-corrected chi connectivity index (χ3v) is 4.00. The number of carbonyl (C=O) groups excluding carboxylic acids is 1. The maximum Gasteiger partial charge on any atom is 0.248 e. The van der Waals surface area contributed by atoms with Crippen molar-refractivity contribution in [2.24, 2.45) is 0 Å². The molecule has 0 aliphatic carbocycles. The molecular weight excluding hydrogens is 345 g/mol. The summed E-state index contributed by atoms with van der Waals surface area (Å²) < 4.78 is 5.26. The minimum atomic E-state index is -0.235. The van der Waals surface area contributed by atoms with Crippen LogP contribution in [0.5, 0.6) is 5.75 Å². The normalized spacial score (nSPS) is 11.1. The lowest BCUT2D eigenvalue weighted by molar-refractivity contribution is -0.111. The van der Waals surface area contributed by atoms with Gasteiger partial charge in [0.1, 0.15) is 5.75 Å². The van der Waals surface area contributed by atoms with E-state index >= 15 is 0 Å². The van der Waals surface area contributed by atoms with Crippen LogP contribution in [0.4, 0.5) is 5.69 Å². The van der Waals surface area contributed by atoms with E-state index in [4.69, 9.17) is 27.9 Å². The number of amides is 1. The standard InChI is InChI=1S/C19H19Cl2NO2/c1-12(2)15-6-4-5-7-17(15)22-18(23)9-8-13-10-14(20)11-16(21)19(13)24-3/h4-12H,1-3H3,(H,22,23). The SMILES string of the molecule is COc1c(Cl)cc(Cl)cc1C=CC(=O)Nc1ccccc1C(C)C. The molecule has 3 nitrogen and oxygen atoms in total. The average molecular weight is 364 g/mol. The number of nitrogens with one attached hydrogen (secondary N) is 1. The number of anilines is 1. The molecule has 2 aromatic carbocycles. The molecule has 0 bridgehead atoms. The molecule has 24 heavy (non-hydrogen) atoms. The first kappa shape index (κ1) is 18.4. The second kappa shape index (κ2) is 8.22. The molecule has 0 aliphatic heterocycles. The largest absolute Gasteiger partial charge is 0.495 e. The van der Waals surface area contributed by atoms with Gasteiger partial charge in [0.15, 0.2) is 0 Å². The van der Waals surface area contributed by atoms with Gasteiger partial charge in [0.25, 0.3) is 0 Å². The second-order valence-electron chi connectivity index (χ2n) is 5.57. The molecule has 126 valence electrons. The summed E-state index contributed by atoms with van der Waals surface area (Å²) in [6, 6.07) is 11.0. The molecule has 2 rings (SSSR count). The summed E-state index contributed by atoms with van der Waals surface area (Å²) in [5.74, 6) is 0.561.